The van der Waals surface area contributed by atoms with Crippen LogP contribution in [0.3, 0.4) is 0 Å². The molecule has 0 aliphatic heterocycles. The zero-order chi connectivity index (χ0) is 9.28. The van der Waals surface area contributed by atoms with Gasteiger partial charge in [-0.15, -0.1) is 0 Å². The van der Waals surface area contributed by atoms with Crippen molar-refractivity contribution in [3.05, 3.63) is 0 Å². The minimum atomic E-state index is -4.19. The average Bonchev–Trinajstić information content (AvgIpc) is 1.56. The molecule has 0 aromatic heterocycles. The molecule has 0 atom stereocenters. The van der Waals surface area contributed by atoms with Gasteiger partial charge in [0.1, 0.15) is 5.75 Å². The Balaban J connectivity index is 4.51. The van der Waals surface area contributed by atoms with Crippen LogP contribution in [0, 0.1) is 0 Å². The van der Waals surface area contributed by atoms with Crippen LogP contribution in [-0.4, -0.2) is 37.4 Å². The third-order valence-electron chi connectivity index (χ3n) is 0.756. The molecule has 1 N–H and O–H groups in total. The Hall–Kier alpha value is -0.720. The summed E-state index contributed by atoms with van der Waals surface area (Å²) in [6.45, 7) is 0. The topological polar surface area (TPSA) is 71.4 Å². The summed E-state index contributed by atoms with van der Waals surface area (Å²) >= 11 is 0. The number of carboxylic acid groups (broad SMARTS) is 1. The van der Waals surface area contributed by atoms with Gasteiger partial charge in [0.05, 0.1) is 0 Å². The summed E-state index contributed by atoms with van der Waals surface area (Å²) in [5.41, 5.74) is 0. The summed E-state index contributed by atoms with van der Waals surface area (Å²) in [5.74, 6) is -8.27. The zero-order valence-electron chi connectivity index (χ0n) is 5.54. The normalized spacial score (nSPS) is 13.0. The molecule has 0 saturated carbocycles. The molecular formula is C4H6F2O4S. The maximum Gasteiger partial charge on any atom is 0.375 e. The number of aliphatic carboxylic acids is 1. The first-order chi connectivity index (χ1) is 4.65. The van der Waals surface area contributed by atoms with Crippen LogP contribution in [0.5, 0.6) is 0 Å². The maximum absolute atomic E-state index is 12.1. The van der Waals surface area contributed by atoms with Gasteiger partial charge in [-0.1, -0.05) is 0 Å². The number of alkyl halides is 2. The third-order valence-corrected chi connectivity index (χ3v) is 1.64. The molecule has 0 bridgehead atoms. The molecule has 0 unspecified atom stereocenters. The van der Waals surface area contributed by atoms with Crippen molar-refractivity contribution in [1.29, 1.82) is 0 Å². The van der Waals surface area contributed by atoms with Crippen molar-refractivity contribution in [3.8, 4) is 0 Å². The fraction of sp³-hybridized carbons (Fsp3) is 0.750. The first kappa shape index (κ1) is 10.3. The van der Waals surface area contributed by atoms with Gasteiger partial charge in [0.2, 0.25) is 0 Å². The molecule has 0 aliphatic rings. The summed E-state index contributed by atoms with van der Waals surface area (Å²) in [6.07, 6.45) is 0.545. The largest absolute Gasteiger partial charge is 0.477 e. The lowest BCUT2D eigenvalue weighted by molar-refractivity contribution is -0.161. The van der Waals surface area contributed by atoms with E-state index in [1.165, 1.54) is 0 Å². The van der Waals surface area contributed by atoms with Gasteiger partial charge in [0.15, 0.2) is 9.84 Å². The minimum absolute atomic E-state index is 0.545. The highest BCUT2D eigenvalue weighted by Gasteiger charge is 2.42. The predicted molar refractivity (Wildman–Crippen MR) is 32.3 cm³/mol. The Morgan fingerprint density at radius 1 is 1.55 bits per heavy atom. The molecule has 0 aliphatic carbocycles. The molecule has 4 nitrogen and oxygen atoms in total. The minimum Gasteiger partial charge on any atom is -0.477 e. The first-order valence-corrected chi connectivity index (χ1v) is 4.50. The fourth-order valence-corrected chi connectivity index (χ4v) is 1.17. The van der Waals surface area contributed by atoms with E-state index in [1.807, 2.05) is 0 Å². The SMILES string of the molecule is CS(=O)(=O)CC(F)(F)C(=O)O. The van der Waals surface area contributed by atoms with Crippen LogP contribution in [0.1, 0.15) is 0 Å². The Labute approximate surface area is 61.7 Å². The molecule has 7 heteroatoms. The van der Waals surface area contributed by atoms with Gasteiger partial charge >= 0.3 is 11.9 Å². The highest BCUT2D eigenvalue weighted by molar-refractivity contribution is 7.90. The standard InChI is InChI=1S/C4H6F2O4S/c1-11(9,10)2-4(5,6)3(7)8/h2H2,1H3,(H,7,8). The van der Waals surface area contributed by atoms with Crippen molar-refractivity contribution in [2.24, 2.45) is 0 Å². The summed E-state index contributed by atoms with van der Waals surface area (Å²) in [4.78, 5) is 9.68. The van der Waals surface area contributed by atoms with Gasteiger partial charge in [-0.25, -0.2) is 13.2 Å². The van der Waals surface area contributed by atoms with Crippen LogP contribution in [-0.2, 0) is 14.6 Å². The third kappa shape index (κ3) is 3.87. The number of carbonyl (C=O) groups is 1. The Kier molecular flexibility index (Phi) is 2.55. The van der Waals surface area contributed by atoms with E-state index in [-0.39, 0.29) is 0 Å². The highest BCUT2D eigenvalue weighted by Crippen LogP contribution is 2.15. The van der Waals surface area contributed by atoms with Crippen molar-refractivity contribution >= 4 is 15.8 Å². The fourth-order valence-electron chi connectivity index (χ4n) is 0.391. The van der Waals surface area contributed by atoms with Crippen LogP contribution in [0.4, 0.5) is 8.78 Å². The predicted octanol–water partition coefficient (Wildman–Crippen LogP) is -0.249. The Morgan fingerprint density at radius 2 is 1.91 bits per heavy atom. The summed E-state index contributed by atoms with van der Waals surface area (Å²) in [5, 5.41) is 7.79. The van der Waals surface area contributed by atoms with E-state index >= 15 is 0 Å². The molecule has 0 rings (SSSR count). The van der Waals surface area contributed by atoms with Crippen molar-refractivity contribution in [3.63, 3.8) is 0 Å². The molecule has 0 aromatic rings. The van der Waals surface area contributed by atoms with Gasteiger partial charge in [-0.2, -0.15) is 8.78 Å². The first-order valence-electron chi connectivity index (χ1n) is 2.44. The van der Waals surface area contributed by atoms with Gasteiger partial charge in [0, 0.05) is 6.26 Å². The van der Waals surface area contributed by atoms with Gasteiger partial charge in [-0.3, -0.25) is 0 Å². The number of rotatable bonds is 3. The van der Waals surface area contributed by atoms with Crippen molar-refractivity contribution in [2.75, 3.05) is 12.0 Å². The molecular weight excluding hydrogens is 182 g/mol. The second-order valence-electron chi connectivity index (χ2n) is 2.08. The Morgan fingerprint density at radius 3 is 2.00 bits per heavy atom. The van der Waals surface area contributed by atoms with Gasteiger partial charge in [0.25, 0.3) is 0 Å². The molecule has 0 aromatic carbocycles. The zero-order valence-corrected chi connectivity index (χ0v) is 6.36. The molecule has 66 valence electrons. The number of sulfone groups is 1. The van der Waals surface area contributed by atoms with E-state index in [0.717, 1.165) is 0 Å². The van der Waals surface area contributed by atoms with E-state index in [4.69, 9.17) is 5.11 Å². The van der Waals surface area contributed by atoms with E-state index in [0.29, 0.717) is 6.26 Å². The maximum atomic E-state index is 12.1. The van der Waals surface area contributed by atoms with Gasteiger partial charge in [-0.05, 0) is 0 Å². The average molecular weight is 188 g/mol. The highest BCUT2D eigenvalue weighted by atomic mass is 32.2. The number of hydrogen-bond acceptors (Lipinski definition) is 3. The quantitative estimate of drug-likeness (QED) is 0.663. The molecule has 0 spiro atoms. The van der Waals surface area contributed by atoms with Crippen molar-refractivity contribution < 1.29 is 27.1 Å². The van der Waals surface area contributed by atoms with E-state index < -0.39 is 27.5 Å². The van der Waals surface area contributed by atoms with Crippen LogP contribution >= 0.6 is 0 Å². The van der Waals surface area contributed by atoms with E-state index in [9.17, 15) is 22.0 Å². The van der Waals surface area contributed by atoms with Gasteiger partial charge < -0.3 is 5.11 Å². The smallest absolute Gasteiger partial charge is 0.375 e. The molecule has 0 heterocycles. The lowest BCUT2D eigenvalue weighted by Gasteiger charge is -2.07. The molecule has 0 fully saturated rings. The summed E-state index contributed by atoms with van der Waals surface area (Å²) in [7, 11) is -3.96. The van der Waals surface area contributed by atoms with E-state index in [1.54, 1.807) is 0 Å². The molecule has 0 radical (unpaired) electrons. The van der Waals surface area contributed by atoms with Crippen molar-refractivity contribution in [2.45, 2.75) is 5.92 Å². The molecule has 11 heavy (non-hydrogen) atoms. The lowest BCUT2D eigenvalue weighted by atomic mass is 10.4. The molecule has 0 amide bonds. The number of halogens is 2. The monoisotopic (exact) mass is 188 g/mol. The van der Waals surface area contributed by atoms with Crippen LogP contribution < -0.4 is 0 Å². The van der Waals surface area contributed by atoms with Crippen LogP contribution in [0.15, 0.2) is 0 Å². The summed E-state index contributed by atoms with van der Waals surface area (Å²) < 4.78 is 44.5. The number of hydrogen-bond donors (Lipinski definition) is 1. The summed E-state index contributed by atoms with van der Waals surface area (Å²) in [6, 6.07) is 0. The van der Waals surface area contributed by atoms with Crippen LogP contribution in [0.25, 0.3) is 0 Å². The van der Waals surface area contributed by atoms with Crippen LogP contribution in [0.2, 0.25) is 0 Å². The Bertz CT molecular complexity index is 255. The second kappa shape index (κ2) is 2.72. The molecule has 0 saturated heterocycles. The lowest BCUT2D eigenvalue weighted by Crippen LogP contribution is -2.35. The second-order valence-corrected chi connectivity index (χ2v) is 4.22. The van der Waals surface area contributed by atoms with E-state index in [2.05, 4.69) is 0 Å². The number of carboxylic acids is 1. The van der Waals surface area contributed by atoms with Crippen molar-refractivity contribution in [1.82, 2.24) is 0 Å².